The number of benzene rings is 2. The van der Waals surface area contributed by atoms with Gasteiger partial charge in [-0.3, -0.25) is 5.43 Å². The van der Waals surface area contributed by atoms with Crippen LogP contribution in [0.25, 0.3) is 5.69 Å². The van der Waals surface area contributed by atoms with Crippen molar-refractivity contribution in [3.63, 3.8) is 0 Å². The Morgan fingerprint density at radius 3 is 2.50 bits per heavy atom. The number of thiocarbonyl (C=S) groups is 1. The fourth-order valence-corrected chi connectivity index (χ4v) is 2.33. The Bertz CT molecular complexity index is 824. The summed E-state index contributed by atoms with van der Waals surface area (Å²) in [6.07, 6.45) is 5.43. The van der Waals surface area contributed by atoms with Gasteiger partial charge in [-0.15, -0.1) is 0 Å². The maximum Gasteiger partial charge on any atom is 0.191 e. The Balaban J connectivity index is 1.62. The van der Waals surface area contributed by atoms with E-state index >= 15 is 0 Å². The van der Waals surface area contributed by atoms with Gasteiger partial charge in [-0.25, -0.2) is 4.98 Å². The second-order valence-corrected chi connectivity index (χ2v) is 5.55. The molecule has 1 aromatic heterocycles. The number of hydrogen-bond acceptors (Lipinski definition) is 3. The Morgan fingerprint density at radius 2 is 1.83 bits per heavy atom. The lowest BCUT2D eigenvalue weighted by atomic mass is 10.1. The molecule has 5 nitrogen and oxygen atoms in total. The number of rotatable bonds is 4. The van der Waals surface area contributed by atoms with Crippen molar-refractivity contribution in [2.24, 2.45) is 5.10 Å². The Kier molecular flexibility index (Phi) is 4.98. The van der Waals surface area contributed by atoms with Crippen LogP contribution in [0.3, 0.4) is 0 Å². The fourth-order valence-electron chi connectivity index (χ4n) is 2.17. The second kappa shape index (κ2) is 7.52. The normalized spacial score (nSPS) is 11.1. The molecular weight excluding hydrogens is 318 g/mol. The highest BCUT2D eigenvalue weighted by atomic mass is 32.1. The van der Waals surface area contributed by atoms with Crippen molar-refractivity contribution in [2.75, 3.05) is 5.32 Å². The van der Waals surface area contributed by atoms with E-state index in [1.807, 2.05) is 72.3 Å². The maximum atomic E-state index is 5.24. The van der Waals surface area contributed by atoms with Crippen LogP contribution in [-0.2, 0) is 0 Å². The first-order valence-corrected chi connectivity index (χ1v) is 7.88. The van der Waals surface area contributed by atoms with Crippen molar-refractivity contribution in [3.8, 4) is 5.69 Å². The minimum absolute atomic E-state index is 0.454. The Labute approximate surface area is 146 Å². The predicted octanol–water partition coefficient (Wildman–Crippen LogP) is 3.58. The SMILES string of the molecule is C/C(=N\NC(=S)Nc1ccccc1)c1ccc(-n2ccnc2)cc1. The summed E-state index contributed by atoms with van der Waals surface area (Å²) in [7, 11) is 0. The largest absolute Gasteiger partial charge is 0.331 e. The van der Waals surface area contributed by atoms with E-state index in [0.29, 0.717) is 5.11 Å². The molecule has 0 aliphatic carbocycles. The molecule has 0 bridgehead atoms. The third-order valence-electron chi connectivity index (χ3n) is 3.44. The van der Waals surface area contributed by atoms with Crippen LogP contribution in [0.5, 0.6) is 0 Å². The molecule has 2 aromatic carbocycles. The van der Waals surface area contributed by atoms with Crippen molar-refractivity contribution in [3.05, 3.63) is 78.9 Å². The first-order valence-electron chi connectivity index (χ1n) is 7.47. The van der Waals surface area contributed by atoms with Crippen molar-refractivity contribution >= 4 is 28.7 Å². The zero-order chi connectivity index (χ0) is 16.8. The summed E-state index contributed by atoms with van der Waals surface area (Å²) < 4.78 is 1.95. The molecule has 0 fully saturated rings. The summed E-state index contributed by atoms with van der Waals surface area (Å²) in [5, 5.41) is 7.86. The highest BCUT2D eigenvalue weighted by Gasteiger charge is 2.01. The van der Waals surface area contributed by atoms with Gasteiger partial charge in [0.2, 0.25) is 0 Å². The average Bonchev–Trinajstić information content (AvgIpc) is 3.15. The van der Waals surface area contributed by atoms with Gasteiger partial charge in [0.15, 0.2) is 5.11 Å². The predicted molar refractivity (Wildman–Crippen MR) is 102 cm³/mol. The van der Waals surface area contributed by atoms with Gasteiger partial charge in [0.05, 0.1) is 12.0 Å². The summed E-state index contributed by atoms with van der Waals surface area (Å²) in [5.74, 6) is 0. The molecule has 0 amide bonds. The first kappa shape index (κ1) is 15.9. The molecule has 0 radical (unpaired) electrons. The molecule has 0 atom stereocenters. The van der Waals surface area contributed by atoms with Crippen molar-refractivity contribution in [1.29, 1.82) is 0 Å². The molecule has 0 aliphatic heterocycles. The molecule has 0 aliphatic rings. The summed E-state index contributed by atoms with van der Waals surface area (Å²) >= 11 is 5.24. The lowest BCUT2D eigenvalue weighted by molar-refractivity contribution is 1.04. The molecule has 120 valence electrons. The number of imidazole rings is 1. The first-order chi connectivity index (χ1) is 11.7. The van der Waals surface area contributed by atoms with E-state index < -0.39 is 0 Å². The van der Waals surface area contributed by atoms with Crippen LogP contribution in [0.1, 0.15) is 12.5 Å². The zero-order valence-corrected chi connectivity index (χ0v) is 14.0. The monoisotopic (exact) mass is 335 g/mol. The minimum Gasteiger partial charge on any atom is -0.331 e. The second-order valence-electron chi connectivity index (χ2n) is 5.15. The lowest BCUT2D eigenvalue weighted by Crippen LogP contribution is -2.24. The van der Waals surface area contributed by atoms with Gasteiger partial charge in [-0.1, -0.05) is 30.3 Å². The molecule has 0 saturated carbocycles. The number of hydrogen-bond donors (Lipinski definition) is 2. The smallest absolute Gasteiger partial charge is 0.191 e. The third kappa shape index (κ3) is 4.05. The van der Waals surface area contributed by atoms with Gasteiger partial charge >= 0.3 is 0 Å². The molecule has 3 aromatic rings. The van der Waals surface area contributed by atoms with Gasteiger partial charge in [-0.05, 0) is 49.0 Å². The molecule has 24 heavy (non-hydrogen) atoms. The number of hydrazone groups is 1. The van der Waals surface area contributed by atoms with Gasteiger partial charge < -0.3 is 9.88 Å². The zero-order valence-electron chi connectivity index (χ0n) is 13.2. The van der Waals surface area contributed by atoms with Crippen LogP contribution in [0.2, 0.25) is 0 Å². The molecule has 0 spiro atoms. The van der Waals surface area contributed by atoms with Crippen LogP contribution >= 0.6 is 12.2 Å². The lowest BCUT2D eigenvalue weighted by Gasteiger charge is -2.08. The topological polar surface area (TPSA) is 54.2 Å². The van der Waals surface area contributed by atoms with E-state index in [-0.39, 0.29) is 0 Å². The summed E-state index contributed by atoms with van der Waals surface area (Å²) in [4.78, 5) is 4.05. The quantitative estimate of drug-likeness (QED) is 0.435. The minimum atomic E-state index is 0.454. The van der Waals surface area contributed by atoms with Crippen molar-refractivity contribution in [1.82, 2.24) is 15.0 Å². The third-order valence-corrected chi connectivity index (χ3v) is 3.64. The number of nitrogens with one attached hydrogen (secondary N) is 2. The van der Waals surface area contributed by atoms with Crippen LogP contribution in [0.4, 0.5) is 5.69 Å². The molecule has 6 heteroatoms. The Hall–Kier alpha value is -2.99. The van der Waals surface area contributed by atoms with E-state index in [9.17, 15) is 0 Å². The highest BCUT2D eigenvalue weighted by molar-refractivity contribution is 7.80. The van der Waals surface area contributed by atoms with E-state index in [1.165, 1.54) is 0 Å². The molecule has 0 saturated heterocycles. The number of para-hydroxylation sites is 1. The molecular formula is C18H17N5S. The summed E-state index contributed by atoms with van der Waals surface area (Å²) in [6, 6.07) is 17.8. The van der Waals surface area contributed by atoms with Gasteiger partial charge in [0.1, 0.15) is 0 Å². The van der Waals surface area contributed by atoms with Gasteiger partial charge in [0.25, 0.3) is 0 Å². The number of anilines is 1. The van der Waals surface area contributed by atoms with Crippen LogP contribution < -0.4 is 10.7 Å². The van der Waals surface area contributed by atoms with Crippen LogP contribution in [0.15, 0.2) is 78.4 Å². The molecule has 0 unspecified atom stereocenters. The average molecular weight is 335 g/mol. The summed E-state index contributed by atoms with van der Waals surface area (Å²) in [6.45, 7) is 1.93. The molecule has 2 N–H and O–H groups in total. The van der Waals surface area contributed by atoms with Gasteiger partial charge in [0, 0.05) is 23.8 Å². The van der Waals surface area contributed by atoms with E-state index in [1.54, 1.807) is 12.5 Å². The summed E-state index contributed by atoms with van der Waals surface area (Å²) in [5.41, 5.74) is 6.72. The number of nitrogens with zero attached hydrogens (tertiary/aromatic N) is 3. The van der Waals surface area contributed by atoms with E-state index in [2.05, 4.69) is 20.8 Å². The fraction of sp³-hybridized carbons (Fsp3) is 0.0556. The molecule has 3 rings (SSSR count). The Morgan fingerprint density at radius 1 is 1.08 bits per heavy atom. The van der Waals surface area contributed by atoms with E-state index in [0.717, 1.165) is 22.6 Å². The van der Waals surface area contributed by atoms with E-state index in [4.69, 9.17) is 12.2 Å². The van der Waals surface area contributed by atoms with Crippen molar-refractivity contribution < 1.29 is 0 Å². The molecule has 1 heterocycles. The van der Waals surface area contributed by atoms with Gasteiger partial charge in [-0.2, -0.15) is 5.10 Å². The highest BCUT2D eigenvalue weighted by Crippen LogP contribution is 2.10. The van der Waals surface area contributed by atoms with Crippen LogP contribution in [0, 0.1) is 0 Å². The maximum absolute atomic E-state index is 5.24. The van der Waals surface area contributed by atoms with Crippen LogP contribution in [-0.4, -0.2) is 20.4 Å². The number of aromatic nitrogens is 2. The van der Waals surface area contributed by atoms with Crippen molar-refractivity contribution in [2.45, 2.75) is 6.92 Å². The standard InChI is InChI=1S/C18H17N5S/c1-14(21-22-18(24)20-16-5-3-2-4-6-16)15-7-9-17(10-8-15)23-12-11-19-13-23/h2-13H,1H3,(H2,20,22,24)/b21-14+.